The number of fused-ring (bicyclic) bond motifs is 1. The Morgan fingerprint density at radius 2 is 2.00 bits per heavy atom. The van der Waals surface area contributed by atoms with E-state index in [1.807, 2.05) is 6.26 Å². The van der Waals surface area contributed by atoms with Crippen molar-refractivity contribution >= 4 is 32.9 Å². The molecule has 2 aromatic rings. The third-order valence-corrected chi connectivity index (χ3v) is 4.13. The fourth-order valence-corrected chi connectivity index (χ4v) is 2.59. The number of hydrogen-bond donors (Lipinski definition) is 0. The molecule has 0 saturated heterocycles. The molecule has 1 aromatic heterocycles. The van der Waals surface area contributed by atoms with Crippen molar-refractivity contribution in [1.29, 1.82) is 0 Å². The number of aromatic nitrogens is 2. The molecule has 6 nitrogen and oxygen atoms in total. The highest BCUT2D eigenvalue weighted by atomic mass is 32.2. The van der Waals surface area contributed by atoms with Crippen molar-refractivity contribution in [2.45, 2.75) is 9.79 Å². The molecule has 0 bridgehead atoms. The Morgan fingerprint density at radius 1 is 1.31 bits per heavy atom. The fourth-order valence-electron chi connectivity index (χ4n) is 1.28. The van der Waals surface area contributed by atoms with Crippen LogP contribution in [0.4, 0.5) is 0 Å². The molecule has 1 heterocycles. The lowest BCUT2D eigenvalue weighted by atomic mass is 10.3. The number of benzene rings is 1. The molecule has 8 heteroatoms. The molecule has 16 heavy (non-hydrogen) atoms. The Bertz CT molecular complexity index is 620. The van der Waals surface area contributed by atoms with Crippen molar-refractivity contribution in [3.63, 3.8) is 0 Å². The Hall–Kier alpha value is -1.12. The molecular formula is C8H8N2O4S2. The lowest BCUT2D eigenvalue weighted by Gasteiger charge is -2.02. The molecule has 1 aromatic carbocycles. The Balaban J connectivity index is 2.79. The zero-order chi connectivity index (χ0) is 11.8. The average Bonchev–Trinajstić information content (AvgIpc) is 2.76. The first-order chi connectivity index (χ1) is 7.60. The van der Waals surface area contributed by atoms with Crippen LogP contribution in [0, 0.1) is 0 Å². The van der Waals surface area contributed by atoms with Crippen molar-refractivity contribution in [3.05, 3.63) is 12.1 Å². The molecule has 0 N–H and O–H groups in total. The smallest absolute Gasteiger partial charge is 0.270 e. The normalized spacial score (nSPS) is 12.1. The topological polar surface area (TPSA) is 82.3 Å². The largest absolute Gasteiger partial charge is 0.299 e. The molecular weight excluding hydrogens is 252 g/mol. The van der Waals surface area contributed by atoms with Gasteiger partial charge < -0.3 is 0 Å². The monoisotopic (exact) mass is 260 g/mol. The molecule has 0 atom stereocenters. The van der Waals surface area contributed by atoms with Crippen molar-refractivity contribution in [2.75, 3.05) is 13.4 Å². The van der Waals surface area contributed by atoms with Crippen LogP contribution in [-0.4, -0.2) is 32.1 Å². The summed E-state index contributed by atoms with van der Waals surface area (Å²) in [6.07, 6.45) is 1.86. The van der Waals surface area contributed by atoms with Gasteiger partial charge in [0.2, 0.25) is 0 Å². The third kappa shape index (κ3) is 1.68. The second-order valence-electron chi connectivity index (χ2n) is 2.85. The van der Waals surface area contributed by atoms with Crippen LogP contribution in [-0.2, 0) is 14.3 Å². The Labute approximate surface area is 96.1 Å². The Morgan fingerprint density at radius 3 is 2.62 bits per heavy atom. The van der Waals surface area contributed by atoms with E-state index in [1.165, 1.54) is 17.8 Å². The van der Waals surface area contributed by atoms with Gasteiger partial charge >= 0.3 is 0 Å². The zero-order valence-electron chi connectivity index (χ0n) is 8.50. The maximum absolute atomic E-state index is 11.6. The second kappa shape index (κ2) is 4.04. The minimum Gasteiger partial charge on any atom is -0.270 e. The summed E-state index contributed by atoms with van der Waals surface area (Å²) in [7, 11) is -2.70. The van der Waals surface area contributed by atoms with Crippen LogP contribution in [0.1, 0.15) is 0 Å². The lowest BCUT2D eigenvalue weighted by Crippen LogP contribution is -2.03. The molecule has 0 radical (unpaired) electrons. The second-order valence-corrected chi connectivity index (χ2v) is 5.38. The van der Waals surface area contributed by atoms with E-state index in [1.54, 1.807) is 6.07 Å². The van der Waals surface area contributed by atoms with Gasteiger partial charge in [-0.25, -0.2) is 4.63 Å². The molecule has 0 fully saturated rings. The van der Waals surface area contributed by atoms with Crippen molar-refractivity contribution < 1.29 is 17.2 Å². The maximum atomic E-state index is 11.6. The summed E-state index contributed by atoms with van der Waals surface area (Å²) in [5, 5.41) is 7.25. The molecule has 0 saturated carbocycles. The summed E-state index contributed by atoms with van der Waals surface area (Å²) in [6, 6.07) is 3.07. The highest BCUT2D eigenvalue weighted by Crippen LogP contribution is 2.29. The van der Waals surface area contributed by atoms with Gasteiger partial charge in [-0.05, 0) is 28.7 Å². The van der Waals surface area contributed by atoms with Crippen molar-refractivity contribution in [3.8, 4) is 0 Å². The molecule has 0 spiro atoms. The van der Waals surface area contributed by atoms with Crippen LogP contribution in [0.3, 0.4) is 0 Å². The van der Waals surface area contributed by atoms with Gasteiger partial charge in [0.05, 0.1) is 7.11 Å². The standard InChI is InChI=1S/C8H8N2O4S2/c1-13-16(11,12)6-4-3-5(15-2)7-8(6)10-14-9-7/h3-4H,1-2H3. The zero-order valence-corrected chi connectivity index (χ0v) is 10.1. The van der Waals surface area contributed by atoms with Gasteiger partial charge in [-0.2, -0.15) is 8.42 Å². The van der Waals surface area contributed by atoms with Crippen LogP contribution < -0.4 is 0 Å². The SMILES string of the molecule is COS(=O)(=O)c1ccc(SC)c2nonc12. The predicted octanol–water partition coefficient (Wildman–Crippen LogP) is 1.28. The molecule has 2 rings (SSSR count). The van der Waals surface area contributed by atoms with Crippen LogP contribution in [0.15, 0.2) is 26.6 Å². The van der Waals surface area contributed by atoms with Crippen LogP contribution in [0.5, 0.6) is 0 Å². The number of hydrogen-bond acceptors (Lipinski definition) is 7. The predicted molar refractivity (Wildman–Crippen MR) is 57.8 cm³/mol. The summed E-state index contributed by atoms with van der Waals surface area (Å²) >= 11 is 1.43. The summed E-state index contributed by atoms with van der Waals surface area (Å²) < 4.78 is 32.1. The van der Waals surface area contributed by atoms with E-state index in [-0.39, 0.29) is 10.4 Å². The maximum Gasteiger partial charge on any atom is 0.299 e. The van der Waals surface area contributed by atoms with E-state index in [0.29, 0.717) is 5.52 Å². The molecule has 86 valence electrons. The van der Waals surface area contributed by atoms with Gasteiger partial charge in [0.1, 0.15) is 10.4 Å². The molecule has 0 aliphatic heterocycles. The van der Waals surface area contributed by atoms with Gasteiger partial charge in [0.25, 0.3) is 10.1 Å². The molecule has 0 unspecified atom stereocenters. The van der Waals surface area contributed by atoms with Crippen LogP contribution >= 0.6 is 11.8 Å². The minimum atomic E-state index is -3.79. The highest BCUT2D eigenvalue weighted by Gasteiger charge is 2.21. The molecule has 0 aliphatic rings. The summed E-state index contributed by atoms with van der Waals surface area (Å²) in [5.41, 5.74) is 0.610. The molecule has 0 aliphatic carbocycles. The van der Waals surface area contributed by atoms with Crippen molar-refractivity contribution in [1.82, 2.24) is 10.3 Å². The van der Waals surface area contributed by atoms with Gasteiger partial charge in [0.15, 0.2) is 5.52 Å². The van der Waals surface area contributed by atoms with Gasteiger partial charge in [-0.15, -0.1) is 11.8 Å². The first kappa shape index (κ1) is 11.4. The van der Waals surface area contributed by atoms with E-state index in [2.05, 4.69) is 19.1 Å². The molecule has 0 amide bonds. The van der Waals surface area contributed by atoms with Gasteiger partial charge in [0, 0.05) is 4.90 Å². The highest BCUT2D eigenvalue weighted by molar-refractivity contribution is 7.98. The lowest BCUT2D eigenvalue weighted by molar-refractivity contribution is 0.314. The van der Waals surface area contributed by atoms with E-state index < -0.39 is 10.1 Å². The van der Waals surface area contributed by atoms with Crippen LogP contribution in [0.2, 0.25) is 0 Å². The summed E-state index contributed by atoms with van der Waals surface area (Å²) in [4.78, 5) is 0.760. The van der Waals surface area contributed by atoms with Crippen molar-refractivity contribution in [2.24, 2.45) is 0 Å². The summed E-state index contributed by atoms with van der Waals surface area (Å²) in [5.74, 6) is 0. The number of thioether (sulfide) groups is 1. The first-order valence-electron chi connectivity index (χ1n) is 4.20. The average molecular weight is 260 g/mol. The van der Waals surface area contributed by atoms with E-state index >= 15 is 0 Å². The quantitative estimate of drug-likeness (QED) is 0.607. The fraction of sp³-hybridized carbons (Fsp3) is 0.250. The first-order valence-corrected chi connectivity index (χ1v) is 6.83. The number of nitrogens with zero attached hydrogens (tertiary/aromatic N) is 2. The number of rotatable bonds is 3. The van der Waals surface area contributed by atoms with Gasteiger partial charge in [-0.1, -0.05) is 0 Å². The minimum absolute atomic E-state index is 0.0379. The summed E-state index contributed by atoms with van der Waals surface area (Å²) in [6.45, 7) is 0. The van der Waals surface area contributed by atoms with Gasteiger partial charge in [-0.3, -0.25) is 4.18 Å². The van der Waals surface area contributed by atoms with Crippen LogP contribution in [0.25, 0.3) is 11.0 Å². The van der Waals surface area contributed by atoms with E-state index in [9.17, 15) is 8.42 Å². The van der Waals surface area contributed by atoms with E-state index in [0.717, 1.165) is 12.0 Å². The Kier molecular flexibility index (Phi) is 2.87. The van der Waals surface area contributed by atoms with E-state index in [4.69, 9.17) is 0 Å². The third-order valence-electron chi connectivity index (χ3n) is 2.05.